The first-order valence-electron chi connectivity index (χ1n) is 11.3. The Balaban J connectivity index is 0.00000289. The largest absolute Gasteiger partial charge is 0.469 e. The van der Waals surface area contributed by atoms with Crippen molar-refractivity contribution in [1.82, 2.24) is 25.2 Å². The number of guanidine groups is 1. The van der Waals surface area contributed by atoms with Crippen LogP contribution < -0.4 is 5.32 Å². The minimum atomic E-state index is 0. The number of nitrogens with zero attached hydrogens (tertiary/aromatic N) is 5. The highest BCUT2D eigenvalue weighted by molar-refractivity contribution is 14.0. The molecule has 4 heterocycles. The Bertz CT molecular complexity index is 757. The molecule has 178 valence electrons. The van der Waals surface area contributed by atoms with Crippen molar-refractivity contribution in [1.29, 1.82) is 0 Å². The Kier molecular flexibility index (Phi) is 10.8. The molecule has 0 atom stereocenters. The van der Waals surface area contributed by atoms with E-state index >= 15 is 0 Å². The lowest BCUT2D eigenvalue weighted by Gasteiger charge is -2.36. The maximum Gasteiger partial charge on any atom is 0.194 e. The van der Waals surface area contributed by atoms with Gasteiger partial charge in [0.25, 0.3) is 0 Å². The number of halogens is 1. The number of rotatable bonds is 9. The van der Waals surface area contributed by atoms with E-state index in [4.69, 9.17) is 18.7 Å². The quantitative estimate of drug-likeness (QED) is 0.217. The van der Waals surface area contributed by atoms with Crippen molar-refractivity contribution in [3.8, 4) is 0 Å². The van der Waals surface area contributed by atoms with E-state index in [9.17, 15) is 0 Å². The fraction of sp³-hybridized carbons (Fsp3) is 0.636. The van der Waals surface area contributed by atoms with Gasteiger partial charge in [0, 0.05) is 77.9 Å². The lowest BCUT2D eigenvalue weighted by Crippen LogP contribution is -2.52. The second-order valence-corrected chi connectivity index (χ2v) is 8.02. The number of morpholine rings is 1. The smallest absolute Gasteiger partial charge is 0.194 e. The van der Waals surface area contributed by atoms with E-state index in [2.05, 4.69) is 25.2 Å². The van der Waals surface area contributed by atoms with Crippen LogP contribution in [-0.4, -0.2) is 97.9 Å². The van der Waals surface area contributed by atoms with E-state index < -0.39 is 0 Å². The van der Waals surface area contributed by atoms with Gasteiger partial charge >= 0.3 is 0 Å². The predicted octanol–water partition coefficient (Wildman–Crippen LogP) is 1.91. The minimum Gasteiger partial charge on any atom is -0.469 e. The minimum absolute atomic E-state index is 0. The SMILES string of the molecule is I.c1coc(CCNC(=NCCCN2CCOCC2)N2CCN(Cc3ccon3)CC2)c1. The zero-order valence-corrected chi connectivity index (χ0v) is 21.0. The number of aromatic nitrogens is 1. The van der Waals surface area contributed by atoms with E-state index in [0.29, 0.717) is 0 Å². The second kappa shape index (κ2) is 13.8. The first-order chi connectivity index (χ1) is 15.4. The van der Waals surface area contributed by atoms with Crippen molar-refractivity contribution >= 4 is 29.9 Å². The van der Waals surface area contributed by atoms with Gasteiger partial charge in [0.15, 0.2) is 5.96 Å². The Morgan fingerprint density at radius 1 is 1.03 bits per heavy atom. The number of hydrogen-bond donors (Lipinski definition) is 1. The topological polar surface area (TPSA) is 82.5 Å². The van der Waals surface area contributed by atoms with Gasteiger partial charge in [-0.15, -0.1) is 24.0 Å². The first-order valence-corrected chi connectivity index (χ1v) is 11.3. The molecule has 2 aromatic heterocycles. The summed E-state index contributed by atoms with van der Waals surface area (Å²) in [5, 5.41) is 7.59. The maximum absolute atomic E-state index is 5.46. The lowest BCUT2D eigenvalue weighted by atomic mass is 10.3. The van der Waals surface area contributed by atoms with Gasteiger partial charge in [-0.25, -0.2) is 0 Å². The molecule has 2 aliphatic heterocycles. The van der Waals surface area contributed by atoms with Crippen LogP contribution in [0.3, 0.4) is 0 Å². The third-order valence-electron chi connectivity index (χ3n) is 5.78. The highest BCUT2D eigenvalue weighted by atomic mass is 127. The molecule has 10 heteroatoms. The Morgan fingerprint density at radius 2 is 1.88 bits per heavy atom. The van der Waals surface area contributed by atoms with E-state index in [0.717, 1.165) is 109 Å². The van der Waals surface area contributed by atoms with E-state index in [-0.39, 0.29) is 24.0 Å². The average molecular weight is 558 g/mol. The van der Waals surface area contributed by atoms with Crippen LogP contribution in [0.5, 0.6) is 0 Å². The summed E-state index contributed by atoms with van der Waals surface area (Å²) in [6.07, 6.45) is 5.28. The number of hydrogen-bond acceptors (Lipinski definition) is 7. The number of piperazine rings is 1. The second-order valence-electron chi connectivity index (χ2n) is 8.02. The van der Waals surface area contributed by atoms with Gasteiger partial charge in [-0.05, 0) is 18.6 Å². The van der Waals surface area contributed by atoms with Crippen LogP contribution in [0.25, 0.3) is 0 Å². The molecule has 2 aliphatic rings. The van der Waals surface area contributed by atoms with Gasteiger partial charge < -0.3 is 23.9 Å². The summed E-state index contributed by atoms with van der Waals surface area (Å²) in [5.74, 6) is 2.01. The Labute approximate surface area is 207 Å². The zero-order valence-electron chi connectivity index (χ0n) is 18.7. The van der Waals surface area contributed by atoms with Crippen LogP contribution in [0, 0.1) is 0 Å². The van der Waals surface area contributed by atoms with Gasteiger partial charge in [-0.1, -0.05) is 5.16 Å². The molecule has 9 nitrogen and oxygen atoms in total. The third-order valence-corrected chi connectivity index (χ3v) is 5.78. The highest BCUT2D eigenvalue weighted by Crippen LogP contribution is 2.08. The van der Waals surface area contributed by atoms with Crippen molar-refractivity contribution in [2.75, 3.05) is 72.1 Å². The van der Waals surface area contributed by atoms with E-state index in [1.54, 1.807) is 12.5 Å². The Morgan fingerprint density at radius 3 is 2.59 bits per heavy atom. The monoisotopic (exact) mass is 558 g/mol. The molecule has 32 heavy (non-hydrogen) atoms. The average Bonchev–Trinajstić information content (AvgIpc) is 3.51. The van der Waals surface area contributed by atoms with Crippen molar-refractivity contribution in [3.63, 3.8) is 0 Å². The van der Waals surface area contributed by atoms with Gasteiger partial charge in [0.05, 0.1) is 25.2 Å². The summed E-state index contributed by atoms with van der Waals surface area (Å²) in [4.78, 5) is 12.2. The molecule has 0 unspecified atom stereocenters. The van der Waals surface area contributed by atoms with Crippen LogP contribution in [-0.2, 0) is 17.7 Å². The number of furan rings is 1. The van der Waals surface area contributed by atoms with Crippen LogP contribution in [0.15, 0.2) is 44.7 Å². The van der Waals surface area contributed by atoms with Crippen molar-refractivity contribution < 1.29 is 13.7 Å². The number of aliphatic imine (C=N–C) groups is 1. The summed E-state index contributed by atoms with van der Waals surface area (Å²) in [7, 11) is 0. The summed E-state index contributed by atoms with van der Waals surface area (Å²) < 4.78 is 15.8. The van der Waals surface area contributed by atoms with Crippen LogP contribution in [0.4, 0.5) is 0 Å². The predicted molar refractivity (Wildman–Crippen MR) is 133 cm³/mol. The molecular formula is C22H35IN6O3. The standard InChI is InChI=1S/C22H34N6O3.HI/c1-3-21(30-15-1)4-7-24-22(23-6-2-8-26-13-17-29-18-14-26)28-11-9-27(10-12-28)19-20-5-16-31-25-20;/h1,3,5,15-16H,2,4,6-14,17-19H2,(H,23,24);1H. The summed E-state index contributed by atoms with van der Waals surface area (Å²) in [6.45, 7) is 11.2. The van der Waals surface area contributed by atoms with Crippen LogP contribution >= 0.6 is 24.0 Å². The molecule has 0 aliphatic carbocycles. The number of ether oxygens (including phenoxy) is 1. The third kappa shape index (κ3) is 8.05. The van der Waals surface area contributed by atoms with Gasteiger partial charge in [-0.3, -0.25) is 14.8 Å². The lowest BCUT2D eigenvalue weighted by molar-refractivity contribution is 0.0377. The normalized spacial score (nSPS) is 18.5. The molecule has 1 N–H and O–H groups in total. The molecule has 0 amide bonds. The molecule has 2 fully saturated rings. The van der Waals surface area contributed by atoms with Crippen molar-refractivity contribution in [2.24, 2.45) is 4.99 Å². The van der Waals surface area contributed by atoms with E-state index in [1.165, 1.54) is 0 Å². The molecule has 0 bridgehead atoms. The van der Waals surface area contributed by atoms with Gasteiger partial charge in [-0.2, -0.15) is 0 Å². The highest BCUT2D eigenvalue weighted by Gasteiger charge is 2.20. The van der Waals surface area contributed by atoms with Crippen LogP contribution in [0.2, 0.25) is 0 Å². The molecule has 2 saturated heterocycles. The summed E-state index contributed by atoms with van der Waals surface area (Å²) in [5.41, 5.74) is 0.988. The first kappa shape index (κ1) is 25.0. The van der Waals surface area contributed by atoms with Gasteiger partial charge in [0.2, 0.25) is 0 Å². The van der Waals surface area contributed by atoms with Crippen LogP contribution in [0.1, 0.15) is 17.9 Å². The molecule has 0 radical (unpaired) electrons. The Hall–Kier alpha value is -1.63. The zero-order chi connectivity index (χ0) is 21.1. The maximum atomic E-state index is 5.46. The fourth-order valence-corrected chi connectivity index (χ4v) is 3.99. The van der Waals surface area contributed by atoms with Crippen molar-refractivity contribution in [3.05, 3.63) is 42.2 Å². The molecular weight excluding hydrogens is 523 g/mol. The molecule has 0 saturated carbocycles. The molecule has 4 rings (SSSR count). The van der Waals surface area contributed by atoms with Crippen molar-refractivity contribution in [2.45, 2.75) is 19.4 Å². The fourth-order valence-electron chi connectivity index (χ4n) is 3.99. The van der Waals surface area contributed by atoms with E-state index in [1.807, 2.05) is 18.2 Å². The molecule has 0 aromatic carbocycles. The summed E-state index contributed by atoms with van der Waals surface area (Å²) in [6, 6.07) is 5.89. The summed E-state index contributed by atoms with van der Waals surface area (Å²) >= 11 is 0. The molecule has 2 aromatic rings. The number of nitrogens with one attached hydrogen (secondary N) is 1. The van der Waals surface area contributed by atoms with Gasteiger partial charge in [0.1, 0.15) is 12.0 Å². The molecule has 0 spiro atoms.